The Balaban J connectivity index is 1.69. The third-order valence-corrected chi connectivity index (χ3v) is 5.03. The standard InChI is InChI=1S/C16H20ClN5OS/c1-9(2)14-20-21-16(22(14)12-5-6-12)24-10(3)15(23)19-13-7-4-11(17)8-18-13/h4,7-10,12H,5-6H2,1-3H3,(H,18,19,23)/t10-/m0/s1. The second-order valence-electron chi connectivity index (χ2n) is 6.21. The number of nitrogens with one attached hydrogen (secondary N) is 1. The van der Waals surface area contributed by atoms with Crippen LogP contribution in [0.25, 0.3) is 0 Å². The predicted molar refractivity (Wildman–Crippen MR) is 95.6 cm³/mol. The molecule has 1 N–H and O–H groups in total. The zero-order chi connectivity index (χ0) is 17.3. The molecule has 2 aromatic rings. The van der Waals surface area contributed by atoms with E-state index in [1.54, 1.807) is 12.1 Å². The highest BCUT2D eigenvalue weighted by atomic mass is 35.5. The highest BCUT2D eigenvalue weighted by Gasteiger charge is 2.31. The van der Waals surface area contributed by atoms with Gasteiger partial charge in [-0.05, 0) is 31.9 Å². The molecule has 2 aromatic heterocycles. The Morgan fingerprint density at radius 3 is 2.67 bits per heavy atom. The number of hydrogen-bond donors (Lipinski definition) is 1. The Bertz CT molecular complexity index is 727. The maximum Gasteiger partial charge on any atom is 0.238 e. The van der Waals surface area contributed by atoms with Crippen molar-refractivity contribution in [2.75, 3.05) is 5.32 Å². The van der Waals surface area contributed by atoms with Crippen LogP contribution in [0.4, 0.5) is 5.82 Å². The monoisotopic (exact) mass is 365 g/mol. The zero-order valence-electron chi connectivity index (χ0n) is 13.9. The number of pyridine rings is 1. The summed E-state index contributed by atoms with van der Waals surface area (Å²) in [4.78, 5) is 16.5. The number of nitrogens with zero attached hydrogens (tertiary/aromatic N) is 4. The van der Waals surface area contributed by atoms with Crippen molar-refractivity contribution in [3.8, 4) is 0 Å². The van der Waals surface area contributed by atoms with Crippen molar-refractivity contribution in [1.29, 1.82) is 0 Å². The molecule has 1 aliphatic carbocycles. The van der Waals surface area contributed by atoms with Crippen molar-refractivity contribution < 1.29 is 4.79 Å². The maximum absolute atomic E-state index is 12.4. The molecule has 0 spiro atoms. The summed E-state index contributed by atoms with van der Waals surface area (Å²) in [5, 5.41) is 12.5. The van der Waals surface area contributed by atoms with Crippen LogP contribution in [-0.4, -0.2) is 30.9 Å². The van der Waals surface area contributed by atoms with Crippen molar-refractivity contribution in [3.63, 3.8) is 0 Å². The molecule has 24 heavy (non-hydrogen) atoms. The van der Waals surface area contributed by atoms with Crippen molar-refractivity contribution in [3.05, 3.63) is 29.2 Å². The predicted octanol–water partition coefficient (Wildman–Crippen LogP) is 3.90. The molecule has 1 amide bonds. The summed E-state index contributed by atoms with van der Waals surface area (Å²) in [6.45, 7) is 6.08. The molecule has 0 radical (unpaired) electrons. The fraction of sp³-hybridized carbons (Fsp3) is 0.500. The molecule has 0 aromatic carbocycles. The van der Waals surface area contributed by atoms with Gasteiger partial charge < -0.3 is 9.88 Å². The number of aromatic nitrogens is 4. The van der Waals surface area contributed by atoms with Crippen LogP contribution in [0.3, 0.4) is 0 Å². The number of amides is 1. The Labute approximate surface area is 150 Å². The van der Waals surface area contributed by atoms with Crippen LogP contribution in [0.15, 0.2) is 23.5 Å². The van der Waals surface area contributed by atoms with Crippen LogP contribution in [0, 0.1) is 0 Å². The van der Waals surface area contributed by atoms with Gasteiger partial charge in [-0.2, -0.15) is 0 Å². The molecule has 0 aliphatic heterocycles. The van der Waals surface area contributed by atoms with Gasteiger partial charge in [0.25, 0.3) is 0 Å². The lowest BCUT2D eigenvalue weighted by molar-refractivity contribution is -0.115. The largest absolute Gasteiger partial charge is 0.310 e. The summed E-state index contributed by atoms with van der Waals surface area (Å²) in [5.74, 6) is 1.68. The zero-order valence-corrected chi connectivity index (χ0v) is 15.4. The van der Waals surface area contributed by atoms with Crippen LogP contribution in [0.2, 0.25) is 5.02 Å². The smallest absolute Gasteiger partial charge is 0.238 e. The minimum atomic E-state index is -0.302. The van der Waals surface area contributed by atoms with Crippen molar-refractivity contribution >= 4 is 35.1 Å². The van der Waals surface area contributed by atoms with E-state index in [1.807, 2.05) is 6.92 Å². The van der Waals surface area contributed by atoms with Gasteiger partial charge in [-0.1, -0.05) is 37.2 Å². The quantitative estimate of drug-likeness (QED) is 0.786. The molecule has 0 bridgehead atoms. The topological polar surface area (TPSA) is 72.7 Å². The Hall–Kier alpha value is -1.60. The average molecular weight is 366 g/mol. The maximum atomic E-state index is 12.4. The summed E-state index contributed by atoms with van der Waals surface area (Å²) in [7, 11) is 0. The molecule has 3 rings (SSSR count). The van der Waals surface area contributed by atoms with Crippen LogP contribution >= 0.6 is 23.4 Å². The molecule has 2 heterocycles. The van der Waals surface area contributed by atoms with Gasteiger partial charge >= 0.3 is 0 Å². The first-order valence-corrected chi connectivity index (χ1v) is 9.25. The number of thioether (sulfide) groups is 1. The first-order valence-electron chi connectivity index (χ1n) is 7.99. The SMILES string of the molecule is CC(C)c1nnc(S[C@@H](C)C(=O)Nc2ccc(Cl)cn2)n1C1CC1. The lowest BCUT2D eigenvalue weighted by Gasteiger charge is -2.14. The van der Waals surface area contributed by atoms with Gasteiger partial charge in [-0.3, -0.25) is 4.79 Å². The van der Waals surface area contributed by atoms with E-state index in [1.165, 1.54) is 18.0 Å². The van der Waals surface area contributed by atoms with E-state index in [9.17, 15) is 4.79 Å². The van der Waals surface area contributed by atoms with Gasteiger partial charge in [-0.25, -0.2) is 4.98 Å². The van der Waals surface area contributed by atoms with Crippen LogP contribution in [-0.2, 0) is 4.79 Å². The molecule has 0 unspecified atom stereocenters. The average Bonchev–Trinajstić information content (AvgIpc) is 3.29. The molecule has 1 saturated carbocycles. The van der Waals surface area contributed by atoms with Gasteiger partial charge in [0, 0.05) is 18.2 Å². The lowest BCUT2D eigenvalue weighted by Crippen LogP contribution is -2.23. The fourth-order valence-electron chi connectivity index (χ4n) is 2.33. The summed E-state index contributed by atoms with van der Waals surface area (Å²) >= 11 is 7.23. The van der Waals surface area contributed by atoms with E-state index in [-0.39, 0.29) is 11.2 Å². The van der Waals surface area contributed by atoms with Gasteiger partial charge in [0.1, 0.15) is 11.6 Å². The first-order chi connectivity index (χ1) is 11.5. The minimum Gasteiger partial charge on any atom is -0.310 e. The molecule has 128 valence electrons. The van der Waals surface area contributed by atoms with Crippen LogP contribution in [0.5, 0.6) is 0 Å². The molecule has 1 aliphatic rings. The van der Waals surface area contributed by atoms with Crippen molar-refractivity contribution in [1.82, 2.24) is 19.7 Å². The van der Waals surface area contributed by atoms with E-state index in [2.05, 4.69) is 38.9 Å². The van der Waals surface area contributed by atoms with Gasteiger partial charge in [-0.15, -0.1) is 10.2 Å². The van der Waals surface area contributed by atoms with E-state index in [4.69, 9.17) is 11.6 Å². The van der Waals surface area contributed by atoms with E-state index in [0.29, 0.717) is 22.8 Å². The molecule has 1 fully saturated rings. The second-order valence-corrected chi connectivity index (χ2v) is 7.95. The van der Waals surface area contributed by atoms with Crippen LogP contribution in [0.1, 0.15) is 51.4 Å². The number of carbonyl (C=O) groups is 1. The van der Waals surface area contributed by atoms with Gasteiger partial charge in [0.05, 0.1) is 10.3 Å². The van der Waals surface area contributed by atoms with Gasteiger partial charge in [0.2, 0.25) is 5.91 Å². The molecule has 8 heteroatoms. The fourth-order valence-corrected chi connectivity index (χ4v) is 3.37. The van der Waals surface area contributed by atoms with Gasteiger partial charge in [0.15, 0.2) is 5.16 Å². The normalized spacial score (nSPS) is 15.5. The molecular formula is C16H20ClN5OS. The molecular weight excluding hydrogens is 346 g/mol. The number of rotatable bonds is 6. The van der Waals surface area contributed by atoms with Crippen molar-refractivity contribution in [2.45, 2.75) is 56.0 Å². The summed E-state index contributed by atoms with van der Waals surface area (Å²) in [6.07, 6.45) is 3.81. The first kappa shape index (κ1) is 17.2. The number of halogens is 1. The number of anilines is 1. The highest BCUT2D eigenvalue weighted by Crippen LogP contribution is 2.40. The summed E-state index contributed by atoms with van der Waals surface area (Å²) in [5.41, 5.74) is 0. The highest BCUT2D eigenvalue weighted by molar-refractivity contribution is 8.00. The Morgan fingerprint density at radius 1 is 1.33 bits per heavy atom. The third kappa shape index (κ3) is 3.89. The molecule has 0 saturated heterocycles. The number of carbonyl (C=O) groups excluding carboxylic acids is 1. The summed E-state index contributed by atoms with van der Waals surface area (Å²) in [6, 6.07) is 3.86. The molecule has 1 atom stereocenters. The summed E-state index contributed by atoms with van der Waals surface area (Å²) < 4.78 is 2.19. The Morgan fingerprint density at radius 2 is 2.08 bits per heavy atom. The van der Waals surface area contributed by atoms with E-state index in [0.717, 1.165) is 23.8 Å². The lowest BCUT2D eigenvalue weighted by atomic mass is 10.2. The Kier molecular flexibility index (Phi) is 5.10. The second kappa shape index (κ2) is 7.11. The minimum absolute atomic E-state index is 0.119. The van der Waals surface area contributed by atoms with E-state index >= 15 is 0 Å². The third-order valence-electron chi connectivity index (χ3n) is 3.75. The number of hydrogen-bond acceptors (Lipinski definition) is 5. The van der Waals surface area contributed by atoms with E-state index < -0.39 is 0 Å². The molecule has 6 nitrogen and oxygen atoms in total. The van der Waals surface area contributed by atoms with Crippen molar-refractivity contribution in [2.24, 2.45) is 0 Å². The van der Waals surface area contributed by atoms with Crippen LogP contribution < -0.4 is 5.32 Å².